The third kappa shape index (κ3) is 9.01. The predicted octanol–water partition coefficient (Wildman–Crippen LogP) is 15.0. The highest BCUT2D eigenvalue weighted by molar-refractivity contribution is 6.15. The van der Waals surface area contributed by atoms with E-state index in [9.17, 15) is 40.7 Å². The summed E-state index contributed by atoms with van der Waals surface area (Å²) >= 11 is 0. The van der Waals surface area contributed by atoms with Crippen molar-refractivity contribution >= 4 is 57.5 Å². The van der Waals surface area contributed by atoms with E-state index in [1.165, 1.54) is 29.2 Å². The highest BCUT2D eigenvalue weighted by atomic mass is 19.4. The topological polar surface area (TPSA) is 137 Å². The van der Waals surface area contributed by atoms with Gasteiger partial charge in [-0.25, -0.2) is 19.9 Å². The number of imidazole rings is 1. The monoisotopic (exact) mass is 1060 g/mol. The van der Waals surface area contributed by atoms with E-state index in [2.05, 4.69) is 30.2 Å². The Morgan fingerprint density at radius 3 is 1.90 bits per heavy atom. The number of hydrogen-bond acceptors (Lipinski definition) is 7. The summed E-state index contributed by atoms with van der Waals surface area (Å²) in [5.74, 6) is -0.760. The highest BCUT2D eigenvalue weighted by Gasteiger charge is 2.57. The molecule has 11 nitrogen and oxygen atoms in total. The summed E-state index contributed by atoms with van der Waals surface area (Å²) in [6.45, 7) is 7.45. The number of H-pyrrole nitrogens is 1. The van der Waals surface area contributed by atoms with Gasteiger partial charge in [-0.05, 0) is 158 Å². The van der Waals surface area contributed by atoms with Crippen LogP contribution >= 0.6 is 0 Å². The van der Waals surface area contributed by atoms with Crippen LogP contribution in [0.3, 0.4) is 0 Å². The number of halogens is 6. The molecular weight excluding hydrogens is 1010 g/mol. The number of alkyl halides is 6. The van der Waals surface area contributed by atoms with Crippen molar-refractivity contribution in [3.63, 3.8) is 0 Å². The summed E-state index contributed by atoms with van der Waals surface area (Å²) in [5, 5.41) is 2.59. The highest BCUT2D eigenvalue weighted by Crippen LogP contribution is 2.58. The normalized spacial score (nSPS) is 15.1. The molecule has 1 fully saturated rings. The number of benzene rings is 6. The summed E-state index contributed by atoms with van der Waals surface area (Å²) in [6.07, 6.45) is -0.872. The van der Waals surface area contributed by atoms with E-state index in [1.54, 1.807) is 90.4 Å². The van der Waals surface area contributed by atoms with Gasteiger partial charge in [0.25, 0.3) is 5.91 Å². The van der Waals surface area contributed by atoms with Crippen LogP contribution in [-0.4, -0.2) is 42.6 Å². The van der Waals surface area contributed by atoms with E-state index < -0.39 is 45.8 Å². The fraction of sp³-hybridized carbons (Fsp3) is 0.197. The van der Waals surface area contributed by atoms with Crippen molar-refractivity contribution < 1.29 is 40.7 Å². The summed E-state index contributed by atoms with van der Waals surface area (Å²) < 4.78 is 84.3. The molecular formula is C61H50F6N8O3. The number of aryl methyl sites for hydroxylation is 2. The Bertz CT molecular complexity index is 3820. The zero-order valence-electron chi connectivity index (χ0n) is 41.8. The van der Waals surface area contributed by atoms with Gasteiger partial charge in [-0.15, -0.1) is 0 Å². The van der Waals surface area contributed by atoms with Crippen molar-refractivity contribution in [3.8, 4) is 33.6 Å². The van der Waals surface area contributed by atoms with E-state index in [1.807, 2.05) is 64.1 Å². The molecule has 0 bridgehead atoms. The average Bonchev–Trinajstić information content (AvgIpc) is 4.24. The lowest BCUT2D eigenvalue weighted by Crippen LogP contribution is -2.44. The first-order valence-corrected chi connectivity index (χ1v) is 24.7. The molecule has 3 aromatic heterocycles. The molecule has 3 amide bonds. The Morgan fingerprint density at radius 2 is 1.27 bits per heavy atom. The molecule has 0 saturated heterocycles. The molecule has 1 saturated carbocycles. The zero-order valence-corrected chi connectivity index (χ0v) is 41.8. The Balaban J connectivity index is 0.000000174. The quantitative estimate of drug-likeness (QED) is 0.152. The lowest BCUT2D eigenvalue weighted by molar-refractivity contribution is -0.138. The van der Waals surface area contributed by atoms with Gasteiger partial charge in [0, 0.05) is 29.8 Å². The molecule has 78 heavy (non-hydrogen) atoms. The van der Waals surface area contributed by atoms with Crippen LogP contribution in [0.25, 0.3) is 44.7 Å². The first kappa shape index (κ1) is 52.5. The Morgan fingerprint density at radius 1 is 0.641 bits per heavy atom. The van der Waals surface area contributed by atoms with E-state index >= 15 is 0 Å². The van der Waals surface area contributed by atoms with Crippen LogP contribution in [0.4, 0.5) is 55.0 Å². The fourth-order valence-corrected chi connectivity index (χ4v) is 10.7. The lowest BCUT2D eigenvalue weighted by Gasteiger charge is -2.37. The average molecular weight is 1060 g/mol. The Hall–Kier alpha value is -8.99. The van der Waals surface area contributed by atoms with Gasteiger partial charge in [0.1, 0.15) is 5.82 Å². The number of carbonyl (C=O) groups is 3. The minimum absolute atomic E-state index is 0. The predicted molar refractivity (Wildman–Crippen MR) is 289 cm³/mol. The number of fused-ring (bicyclic) bond motifs is 4. The van der Waals surface area contributed by atoms with Crippen molar-refractivity contribution in [2.45, 2.75) is 77.6 Å². The standard InChI is InChI=1S/C30H23F3N4O2.C30H23F3N4O.CH4/c1-18-7-10-20(11-8-18)36-26(38)22-17-19(9-12-23(22)30(31,32)33)21-5-2-6-24-25(21)29(13-3-14-29)27(39)37(24)28-34-15-4-16-35-28;1-17-9-12-23-24(14-17)36-27(35-23)21-15-18(10-11-22(21)30(31,32)33)20-7-4-8-25-26(20)29(2,3)28(38)37(25)19-6-5-13-34-16-19;/h2,4-12,15-17H,3,13-14H2,1H3,(H,36,38);4-16H,1-3H3,(H,35,36);1H4. The number of carbonyl (C=O) groups excluding carboxylic acids is 3. The molecule has 0 radical (unpaired) electrons. The molecule has 2 aliphatic heterocycles. The van der Waals surface area contributed by atoms with Gasteiger partial charge in [0.2, 0.25) is 17.8 Å². The summed E-state index contributed by atoms with van der Waals surface area (Å²) in [7, 11) is 0. The van der Waals surface area contributed by atoms with Gasteiger partial charge in [-0.3, -0.25) is 24.3 Å². The van der Waals surface area contributed by atoms with Gasteiger partial charge < -0.3 is 10.3 Å². The number of anilines is 5. The first-order valence-electron chi connectivity index (χ1n) is 24.7. The number of hydrogen-bond donors (Lipinski definition) is 2. The number of amides is 3. The van der Waals surface area contributed by atoms with Gasteiger partial charge in [0.15, 0.2) is 0 Å². The maximum Gasteiger partial charge on any atom is 0.417 e. The lowest BCUT2D eigenvalue weighted by atomic mass is 9.63. The zero-order chi connectivity index (χ0) is 54.2. The third-order valence-corrected chi connectivity index (χ3v) is 14.6. The largest absolute Gasteiger partial charge is 0.417 e. The van der Waals surface area contributed by atoms with Crippen LogP contribution in [0.5, 0.6) is 0 Å². The minimum Gasteiger partial charge on any atom is -0.338 e. The van der Waals surface area contributed by atoms with Gasteiger partial charge >= 0.3 is 12.4 Å². The molecule has 1 spiro atoms. The molecule has 2 N–H and O–H groups in total. The van der Waals surface area contributed by atoms with Gasteiger partial charge in [-0.1, -0.05) is 74.0 Å². The second-order valence-corrected chi connectivity index (χ2v) is 19.9. The molecule has 12 rings (SSSR count). The van der Waals surface area contributed by atoms with Crippen molar-refractivity contribution in [2.24, 2.45) is 0 Å². The van der Waals surface area contributed by atoms with E-state index in [0.29, 0.717) is 68.9 Å². The summed E-state index contributed by atoms with van der Waals surface area (Å²) in [6, 6.07) is 36.0. The number of nitrogens with one attached hydrogen (secondary N) is 2. The first-order chi connectivity index (χ1) is 36.7. The fourth-order valence-electron chi connectivity index (χ4n) is 10.7. The smallest absolute Gasteiger partial charge is 0.338 e. The number of nitrogens with zero attached hydrogens (tertiary/aromatic N) is 6. The molecule has 0 unspecified atom stereocenters. The second-order valence-electron chi connectivity index (χ2n) is 19.9. The summed E-state index contributed by atoms with van der Waals surface area (Å²) in [5.41, 5.74) is 5.19. The third-order valence-electron chi connectivity index (χ3n) is 14.6. The maximum atomic E-state index is 14.1. The number of pyridine rings is 1. The molecule has 5 heterocycles. The van der Waals surface area contributed by atoms with Crippen LogP contribution in [0.2, 0.25) is 0 Å². The van der Waals surface area contributed by atoms with Crippen molar-refractivity contribution in [1.82, 2.24) is 24.9 Å². The molecule has 6 aromatic carbocycles. The van der Waals surface area contributed by atoms with Gasteiger partial charge in [0.05, 0.1) is 61.8 Å². The van der Waals surface area contributed by atoms with E-state index in [-0.39, 0.29) is 36.6 Å². The minimum atomic E-state index is -4.73. The molecule has 0 atom stereocenters. The van der Waals surface area contributed by atoms with Crippen LogP contribution < -0.4 is 15.1 Å². The number of rotatable bonds is 7. The maximum absolute atomic E-state index is 14.1. The van der Waals surface area contributed by atoms with E-state index in [4.69, 9.17) is 0 Å². The second kappa shape index (κ2) is 19.5. The Labute approximate surface area is 445 Å². The molecule has 394 valence electrons. The Kier molecular flexibility index (Phi) is 13.1. The molecule has 17 heteroatoms. The van der Waals surface area contributed by atoms with Crippen LogP contribution in [0.1, 0.15) is 84.3 Å². The van der Waals surface area contributed by atoms with E-state index in [0.717, 1.165) is 40.8 Å². The van der Waals surface area contributed by atoms with Crippen molar-refractivity contribution in [2.75, 3.05) is 15.1 Å². The number of aromatic amines is 1. The van der Waals surface area contributed by atoms with Crippen LogP contribution in [0.15, 0.2) is 158 Å². The number of aromatic nitrogens is 5. The van der Waals surface area contributed by atoms with Crippen molar-refractivity contribution in [3.05, 3.63) is 197 Å². The summed E-state index contributed by atoms with van der Waals surface area (Å²) in [4.78, 5) is 63.9. The molecule has 1 aliphatic carbocycles. The van der Waals surface area contributed by atoms with Gasteiger partial charge in [-0.2, -0.15) is 26.3 Å². The van der Waals surface area contributed by atoms with Crippen molar-refractivity contribution in [1.29, 1.82) is 0 Å². The van der Waals surface area contributed by atoms with Crippen LogP contribution in [-0.2, 0) is 32.8 Å². The molecule has 3 aliphatic rings. The van der Waals surface area contributed by atoms with Crippen LogP contribution in [0, 0.1) is 13.8 Å². The molecule has 9 aromatic rings. The SMILES string of the molecule is C.Cc1ccc(NC(=O)c2cc(-c3cccc4c3C3(CCC3)C(=O)N4c3ncccn3)ccc2C(F)(F)F)cc1.Cc1ccc2nc(-c3cc(-c4cccc5c4C(C)(C)C(=O)N5c4cccnc4)ccc3C(F)(F)F)[nH]c2c1.